The Kier molecular flexibility index (Phi) is 4.43. The lowest BCUT2D eigenvalue weighted by Gasteiger charge is -2.24. The molecule has 1 unspecified atom stereocenters. The Labute approximate surface area is 92.3 Å². The highest BCUT2D eigenvalue weighted by Crippen LogP contribution is 2.25. The van der Waals surface area contributed by atoms with Gasteiger partial charge in [0.25, 0.3) is 0 Å². The fourth-order valence-corrected chi connectivity index (χ4v) is 2.16. The summed E-state index contributed by atoms with van der Waals surface area (Å²) in [6.07, 6.45) is 2.66. The Hall–Kier alpha value is -0.530. The van der Waals surface area contributed by atoms with Crippen molar-refractivity contribution in [3.63, 3.8) is 0 Å². The van der Waals surface area contributed by atoms with E-state index in [0.717, 1.165) is 12.5 Å². The van der Waals surface area contributed by atoms with Gasteiger partial charge in [0, 0.05) is 6.54 Å². The molecule has 1 N–H and O–H groups in total. The summed E-state index contributed by atoms with van der Waals surface area (Å²) < 4.78 is 0. The fourth-order valence-electron chi connectivity index (χ4n) is 2.16. The first-order valence-electron chi connectivity index (χ1n) is 5.14. The minimum absolute atomic E-state index is 0. The second-order valence-corrected chi connectivity index (χ2v) is 3.90. The van der Waals surface area contributed by atoms with Crippen molar-refractivity contribution >= 4 is 12.4 Å². The maximum Gasteiger partial charge on any atom is 0.00202 e. The van der Waals surface area contributed by atoms with Crippen LogP contribution in [0.25, 0.3) is 0 Å². The van der Waals surface area contributed by atoms with Gasteiger partial charge in [0.05, 0.1) is 0 Å². The molecule has 0 amide bonds. The first kappa shape index (κ1) is 11.5. The van der Waals surface area contributed by atoms with Crippen LogP contribution in [0.2, 0.25) is 0 Å². The van der Waals surface area contributed by atoms with Crippen LogP contribution in [0.1, 0.15) is 29.9 Å². The van der Waals surface area contributed by atoms with Crippen LogP contribution in [0, 0.1) is 6.92 Å². The zero-order valence-electron chi connectivity index (χ0n) is 8.62. The summed E-state index contributed by atoms with van der Waals surface area (Å²) in [4.78, 5) is 0. The van der Waals surface area contributed by atoms with Gasteiger partial charge < -0.3 is 5.32 Å². The minimum Gasteiger partial charge on any atom is -0.316 e. The Bertz CT molecular complexity index is 279. The van der Waals surface area contributed by atoms with Crippen molar-refractivity contribution in [1.82, 2.24) is 5.32 Å². The topological polar surface area (TPSA) is 12.0 Å². The van der Waals surface area contributed by atoms with E-state index in [0.29, 0.717) is 0 Å². The summed E-state index contributed by atoms with van der Waals surface area (Å²) in [5, 5.41) is 3.46. The molecule has 0 bridgehead atoms. The molecule has 0 radical (unpaired) electrons. The predicted molar refractivity (Wildman–Crippen MR) is 63.3 cm³/mol. The summed E-state index contributed by atoms with van der Waals surface area (Å²) in [5.41, 5.74) is 2.98. The second kappa shape index (κ2) is 5.38. The molecular formula is C12H18ClN. The van der Waals surface area contributed by atoms with Gasteiger partial charge >= 0.3 is 0 Å². The highest BCUT2D eigenvalue weighted by Gasteiger charge is 2.15. The maximum absolute atomic E-state index is 3.46. The van der Waals surface area contributed by atoms with Crippen molar-refractivity contribution in [2.24, 2.45) is 0 Å². The van der Waals surface area contributed by atoms with E-state index >= 15 is 0 Å². The smallest absolute Gasteiger partial charge is 0.00202 e. The van der Waals surface area contributed by atoms with E-state index in [4.69, 9.17) is 0 Å². The summed E-state index contributed by atoms with van der Waals surface area (Å²) in [6.45, 7) is 4.57. The molecule has 1 heterocycles. The van der Waals surface area contributed by atoms with E-state index in [2.05, 4.69) is 36.5 Å². The summed E-state index contributed by atoms with van der Waals surface area (Å²) >= 11 is 0. The van der Waals surface area contributed by atoms with Crippen molar-refractivity contribution in [2.45, 2.75) is 25.7 Å². The van der Waals surface area contributed by atoms with Crippen molar-refractivity contribution in [1.29, 1.82) is 0 Å². The zero-order chi connectivity index (χ0) is 9.10. The third-order valence-corrected chi connectivity index (χ3v) is 2.93. The second-order valence-electron chi connectivity index (χ2n) is 3.90. The van der Waals surface area contributed by atoms with Gasteiger partial charge in [0.15, 0.2) is 0 Å². The average molecular weight is 212 g/mol. The Balaban J connectivity index is 0.000000980. The Morgan fingerprint density at radius 2 is 2.07 bits per heavy atom. The van der Waals surface area contributed by atoms with Crippen LogP contribution in [0.4, 0.5) is 0 Å². The molecule has 1 saturated heterocycles. The van der Waals surface area contributed by atoms with Crippen LogP contribution >= 0.6 is 12.4 Å². The fraction of sp³-hybridized carbons (Fsp3) is 0.500. The quantitative estimate of drug-likeness (QED) is 0.754. The van der Waals surface area contributed by atoms with Gasteiger partial charge in [-0.2, -0.15) is 0 Å². The van der Waals surface area contributed by atoms with E-state index in [9.17, 15) is 0 Å². The lowest BCUT2D eigenvalue weighted by Crippen LogP contribution is -2.28. The zero-order valence-corrected chi connectivity index (χ0v) is 9.44. The largest absolute Gasteiger partial charge is 0.316 e. The van der Waals surface area contributed by atoms with Gasteiger partial charge in [-0.1, -0.05) is 24.3 Å². The van der Waals surface area contributed by atoms with E-state index < -0.39 is 0 Å². The molecule has 1 atom stereocenters. The van der Waals surface area contributed by atoms with Gasteiger partial charge in [-0.3, -0.25) is 0 Å². The summed E-state index contributed by atoms with van der Waals surface area (Å²) in [6, 6.07) is 8.75. The first-order chi connectivity index (χ1) is 6.38. The normalized spacial score (nSPS) is 21.4. The average Bonchev–Trinajstić information content (AvgIpc) is 2.20. The number of benzene rings is 1. The van der Waals surface area contributed by atoms with Crippen LogP contribution in [0.15, 0.2) is 24.3 Å². The molecule has 2 rings (SSSR count). The molecule has 1 aromatic carbocycles. The lowest BCUT2D eigenvalue weighted by atomic mass is 9.89. The van der Waals surface area contributed by atoms with Crippen molar-refractivity contribution < 1.29 is 0 Å². The number of piperidine rings is 1. The SMILES string of the molecule is Cc1ccccc1C1CCCNC1.Cl. The molecule has 1 fully saturated rings. The highest BCUT2D eigenvalue weighted by atomic mass is 35.5. The van der Waals surface area contributed by atoms with Crippen LogP contribution < -0.4 is 5.32 Å². The number of nitrogens with one attached hydrogen (secondary N) is 1. The number of rotatable bonds is 1. The standard InChI is InChI=1S/C12H17N.ClH/c1-10-5-2-3-7-12(10)11-6-4-8-13-9-11;/h2-3,5,7,11,13H,4,6,8-9H2,1H3;1H. The number of halogens is 1. The number of hydrogen-bond donors (Lipinski definition) is 1. The highest BCUT2D eigenvalue weighted by molar-refractivity contribution is 5.85. The van der Waals surface area contributed by atoms with Crippen LogP contribution in [0.3, 0.4) is 0 Å². The van der Waals surface area contributed by atoms with Crippen LogP contribution in [-0.2, 0) is 0 Å². The number of hydrogen-bond acceptors (Lipinski definition) is 1. The van der Waals surface area contributed by atoms with Gasteiger partial charge in [-0.05, 0) is 43.4 Å². The lowest BCUT2D eigenvalue weighted by molar-refractivity contribution is 0.460. The Morgan fingerprint density at radius 3 is 2.71 bits per heavy atom. The molecule has 14 heavy (non-hydrogen) atoms. The van der Waals surface area contributed by atoms with Crippen molar-refractivity contribution in [3.8, 4) is 0 Å². The molecule has 1 aliphatic heterocycles. The molecule has 0 spiro atoms. The van der Waals surface area contributed by atoms with Gasteiger partial charge in [0.1, 0.15) is 0 Å². The van der Waals surface area contributed by atoms with E-state index in [1.807, 2.05) is 0 Å². The molecule has 0 aliphatic carbocycles. The third kappa shape index (κ3) is 2.49. The predicted octanol–water partition coefficient (Wildman–Crippen LogP) is 2.88. The first-order valence-corrected chi connectivity index (χ1v) is 5.14. The molecule has 1 nitrogen and oxygen atoms in total. The summed E-state index contributed by atoms with van der Waals surface area (Å²) in [7, 11) is 0. The van der Waals surface area contributed by atoms with E-state index in [1.54, 1.807) is 0 Å². The molecule has 1 aliphatic rings. The maximum atomic E-state index is 3.46. The molecule has 1 aromatic rings. The van der Waals surface area contributed by atoms with Crippen LogP contribution in [0.5, 0.6) is 0 Å². The van der Waals surface area contributed by atoms with Crippen molar-refractivity contribution in [3.05, 3.63) is 35.4 Å². The third-order valence-electron chi connectivity index (χ3n) is 2.93. The molecule has 2 heteroatoms. The minimum atomic E-state index is 0. The molecule has 0 aromatic heterocycles. The molecular weight excluding hydrogens is 194 g/mol. The Morgan fingerprint density at radius 1 is 1.29 bits per heavy atom. The van der Waals surface area contributed by atoms with Gasteiger partial charge in [-0.25, -0.2) is 0 Å². The number of aryl methyl sites for hydroxylation is 1. The molecule has 78 valence electrons. The van der Waals surface area contributed by atoms with E-state index in [-0.39, 0.29) is 12.4 Å². The van der Waals surface area contributed by atoms with E-state index in [1.165, 1.54) is 30.5 Å². The van der Waals surface area contributed by atoms with Gasteiger partial charge in [-0.15, -0.1) is 12.4 Å². The monoisotopic (exact) mass is 211 g/mol. The molecule has 0 saturated carbocycles. The van der Waals surface area contributed by atoms with Crippen molar-refractivity contribution in [2.75, 3.05) is 13.1 Å². The van der Waals surface area contributed by atoms with Crippen LogP contribution in [-0.4, -0.2) is 13.1 Å². The summed E-state index contributed by atoms with van der Waals surface area (Å²) in [5.74, 6) is 0.745. The van der Waals surface area contributed by atoms with Gasteiger partial charge in [0.2, 0.25) is 0 Å².